The molecule has 1 aromatic heterocycles. The Labute approximate surface area is 102 Å². The maximum absolute atomic E-state index is 7.37. The van der Waals surface area contributed by atoms with Crippen molar-refractivity contribution < 1.29 is 0 Å². The molecule has 0 bridgehead atoms. The zero-order valence-electron chi connectivity index (χ0n) is 8.32. The van der Waals surface area contributed by atoms with Crippen molar-refractivity contribution in [1.82, 2.24) is 0 Å². The largest absolute Gasteiger partial charge is 0.298 e. The van der Waals surface area contributed by atoms with E-state index in [4.69, 9.17) is 10.8 Å². The number of hydrogen-bond donors (Lipinski definition) is 2. The monoisotopic (exact) mass is 256 g/mol. The Balaban J connectivity index is 0.000000162. The lowest BCUT2D eigenvalue weighted by Crippen LogP contribution is -1.84. The highest BCUT2D eigenvalue weighted by Gasteiger charge is 1.97. The second kappa shape index (κ2) is 6.87. The zero-order valence-corrected chi connectivity index (χ0v) is 10.8. The fourth-order valence-corrected chi connectivity index (χ4v) is 2.62. The minimum absolute atomic E-state index is 0.657. The molecule has 2 N–H and O–H groups in total. The maximum atomic E-state index is 7.37. The molecule has 1 aliphatic heterocycles. The Morgan fingerprint density at radius 1 is 1.53 bits per heavy atom. The van der Waals surface area contributed by atoms with Crippen LogP contribution in [0.3, 0.4) is 0 Å². The molecule has 5 heteroatoms. The van der Waals surface area contributed by atoms with Crippen molar-refractivity contribution in [3.63, 3.8) is 0 Å². The Hall–Kier alpha value is -0.520. The summed E-state index contributed by atoms with van der Waals surface area (Å²) in [6, 6.07) is 3.92. The highest BCUT2D eigenvalue weighted by atomic mass is 32.2. The van der Waals surface area contributed by atoms with Crippen LogP contribution in [0.2, 0.25) is 0 Å². The summed E-state index contributed by atoms with van der Waals surface area (Å²) in [6.45, 7) is 0. The van der Waals surface area contributed by atoms with Crippen molar-refractivity contribution in [2.45, 2.75) is 6.42 Å². The Morgan fingerprint density at radius 3 is 2.67 bits per heavy atom. The molecule has 15 heavy (non-hydrogen) atoms. The molecule has 0 saturated carbocycles. The van der Waals surface area contributed by atoms with Gasteiger partial charge < -0.3 is 0 Å². The van der Waals surface area contributed by atoms with Gasteiger partial charge in [-0.3, -0.25) is 10.8 Å². The summed E-state index contributed by atoms with van der Waals surface area (Å²) < 4.78 is 0. The van der Waals surface area contributed by atoms with E-state index in [9.17, 15) is 0 Å². The van der Waals surface area contributed by atoms with E-state index in [1.807, 2.05) is 35.3 Å². The molecule has 1 aliphatic rings. The average molecular weight is 256 g/mol. The van der Waals surface area contributed by atoms with E-state index in [1.54, 1.807) is 11.3 Å². The van der Waals surface area contributed by atoms with Crippen molar-refractivity contribution in [3.8, 4) is 0 Å². The van der Waals surface area contributed by atoms with Crippen LogP contribution in [0.1, 0.15) is 11.3 Å². The topological polar surface area (TPSA) is 47.7 Å². The van der Waals surface area contributed by atoms with E-state index in [1.165, 1.54) is 23.5 Å². The van der Waals surface area contributed by atoms with Crippen molar-refractivity contribution in [3.05, 3.63) is 33.9 Å². The van der Waals surface area contributed by atoms with E-state index in [0.29, 0.717) is 5.04 Å². The van der Waals surface area contributed by atoms with Gasteiger partial charge in [-0.15, -0.1) is 23.1 Å². The molecule has 1 aromatic rings. The molecule has 0 amide bonds. The van der Waals surface area contributed by atoms with Crippen molar-refractivity contribution in [1.29, 1.82) is 10.8 Å². The van der Waals surface area contributed by atoms with Crippen LogP contribution in [0.4, 0.5) is 0 Å². The summed E-state index contributed by atoms with van der Waals surface area (Å²) in [5, 5.41) is 19.7. The molecule has 0 atom stereocenters. The van der Waals surface area contributed by atoms with E-state index in [-0.39, 0.29) is 0 Å². The number of thioether (sulfide) groups is 2. The molecule has 0 spiro atoms. The lowest BCUT2D eigenvalue weighted by molar-refractivity contribution is 1.44. The molecule has 2 heterocycles. The third-order valence-electron chi connectivity index (χ3n) is 1.56. The van der Waals surface area contributed by atoms with E-state index in [2.05, 4.69) is 0 Å². The SMILES string of the molecule is CSC(=N)c1cccs1.N=C1CC=CS1. The van der Waals surface area contributed by atoms with Gasteiger partial charge in [-0.05, 0) is 23.1 Å². The number of nitrogens with one attached hydrogen (secondary N) is 2. The highest BCUT2D eigenvalue weighted by molar-refractivity contribution is 8.16. The van der Waals surface area contributed by atoms with Gasteiger partial charge in [0.2, 0.25) is 0 Å². The predicted molar refractivity (Wildman–Crippen MR) is 73.7 cm³/mol. The van der Waals surface area contributed by atoms with Gasteiger partial charge in [0.25, 0.3) is 0 Å². The second-order valence-electron chi connectivity index (χ2n) is 2.63. The molecular formula is C10H12N2S3. The van der Waals surface area contributed by atoms with Gasteiger partial charge in [0.1, 0.15) is 5.04 Å². The fourth-order valence-electron chi connectivity index (χ4n) is 0.842. The van der Waals surface area contributed by atoms with E-state index < -0.39 is 0 Å². The van der Waals surface area contributed by atoms with Crippen LogP contribution in [0.25, 0.3) is 0 Å². The van der Waals surface area contributed by atoms with Crippen molar-refractivity contribution in [2.75, 3.05) is 6.26 Å². The molecule has 2 nitrogen and oxygen atoms in total. The first-order valence-electron chi connectivity index (χ1n) is 4.29. The minimum atomic E-state index is 0.657. The predicted octanol–water partition coefficient (Wildman–Crippen LogP) is 4.05. The quantitative estimate of drug-likeness (QED) is 0.588. The van der Waals surface area contributed by atoms with Crippen LogP contribution in [0, 0.1) is 10.8 Å². The van der Waals surface area contributed by atoms with Gasteiger partial charge in [0.05, 0.1) is 9.92 Å². The van der Waals surface area contributed by atoms with E-state index >= 15 is 0 Å². The third kappa shape index (κ3) is 4.68. The Kier molecular flexibility index (Phi) is 5.75. The first-order chi connectivity index (χ1) is 7.24. The van der Waals surface area contributed by atoms with Gasteiger partial charge in [-0.1, -0.05) is 23.9 Å². The second-order valence-corrected chi connectivity index (χ2v) is 5.39. The standard InChI is InChI=1S/C6H7NS2.C4H5NS/c1-8-6(7)5-3-2-4-9-5;5-4-2-1-3-6-4/h2-4,7H,1H3;1,3,5H,2H2. The number of allylic oxidation sites excluding steroid dienone is 1. The lowest BCUT2D eigenvalue weighted by atomic mass is 10.5. The Bertz CT molecular complexity index is 345. The number of thiophene rings is 1. The first kappa shape index (κ1) is 12.5. The summed E-state index contributed by atoms with van der Waals surface area (Å²) in [5.41, 5.74) is 0. The Morgan fingerprint density at radius 2 is 2.33 bits per heavy atom. The molecule has 0 aromatic carbocycles. The molecule has 0 aliphatic carbocycles. The molecule has 0 unspecified atom stereocenters. The molecular weight excluding hydrogens is 244 g/mol. The van der Waals surface area contributed by atoms with Gasteiger partial charge >= 0.3 is 0 Å². The molecule has 0 saturated heterocycles. The summed E-state index contributed by atoms with van der Waals surface area (Å²) >= 11 is 4.59. The summed E-state index contributed by atoms with van der Waals surface area (Å²) in [4.78, 5) is 1.06. The smallest absolute Gasteiger partial charge is 0.104 e. The van der Waals surface area contributed by atoms with Crippen molar-refractivity contribution >= 4 is 44.9 Å². The summed E-state index contributed by atoms with van der Waals surface area (Å²) in [6.07, 6.45) is 4.76. The number of rotatable bonds is 1. The number of hydrogen-bond acceptors (Lipinski definition) is 5. The molecule has 0 fully saturated rings. The highest BCUT2D eigenvalue weighted by Crippen LogP contribution is 2.15. The van der Waals surface area contributed by atoms with Crippen LogP contribution in [-0.4, -0.2) is 16.3 Å². The van der Waals surface area contributed by atoms with Crippen LogP contribution < -0.4 is 0 Å². The lowest BCUT2D eigenvalue weighted by Gasteiger charge is -1.90. The maximum Gasteiger partial charge on any atom is 0.104 e. The fraction of sp³-hybridized carbons (Fsp3) is 0.200. The van der Waals surface area contributed by atoms with Gasteiger partial charge in [-0.2, -0.15) is 0 Å². The summed E-state index contributed by atoms with van der Waals surface area (Å²) in [5.74, 6) is 0. The van der Waals surface area contributed by atoms with Gasteiger partial charge in [0.15, 0.2) is 0 Å². The first-order valence-corrected chi connectivity index (χ1v) is 7.28. The van der Waals surface area contributed by atoms with E-state index in [0.717, 1.165) is 16.3 Å². The van der Waals surface area contributed by atoms with Crippen LogP contribution in [0.15, 0.2) is 29.0 Å². The summed E-state index contributed by atoms with van der Waals surface area (Å²) in [7, 11) is 0. The average Bonchev–Trinajstić information content (AvgIpc) is 2.89. The van der Waals surface area contributed by atoms with Crippen LogP contribution >= 0.6 is 34.9 Å². The van der Waals surface area contributed by atoms with Gasteiger partial charge in [0, 0.05) is 6.42 Å². The zero-order chi connectivity index (χ0) is 11.1. The molecule has 2 rings (SSSR count). The third-order valence-corrected chi connectivity index (χ3v) is 3.98. The minimum Gasteiger partial charge on any atom is -0.298 e. The van der Waals surface area contributed by atoms with Crippen LogP contribution in [0.5, 0.6) is 0 Å². The molecule has 80 valence electrons. The molecule has 0 radical (unpaired) electrons. The van der Waals surface area contributed by atoms with Crippen molar-refractivity contribution in [2.24, 2.45) is 0 Å². The van der Waals surface area contributed by atoms with Gasteiger partial charge in [-0.25, -0.2) is 0 Å². The van der Waals surface area contributed by atoms with Crippen LogP contribution in [-0.2, 0) is 0 Å². The normalized spacial score (nSPS) is 13.5.